The van der Waals surface area contributed by atoms with Gasteiger partial charge in [-0.1, -0.05) is 50.2 Å². The van der Waals surface area contributed by atoms with Crippen molar-refractivity contribution in [1.82, 2.24) is 9.66 Å². The molecule has 0 radical (unpaired) electrons. The first-order valence-corrected chi connectivity index (χ1v) is 10.6. The number of nitrogens with zero attached hydrogens (tertiary/aromatic N) is 2. The van der Waals surface area contributed by atoms with E-state index in [2.05, 4.69) is 43.5 Å². The van der Waals surface area contributed by atoms with Gasteiger partial charge in [0, 0.05) is 5.56 Å². The van der Waals surface area contributed by atoms with Crippen LogP contribution in [0, 0.1) is 0 Å². The molecule has 6 heteroatoms. The van der Waals surface area contributed by atoms with Crippen LogP contribution in [0.2, 0.25) is 0 Å². The third-order valence-corrected chi connectivity index (χ3v) is 5.51. The second kappa shape index (κ2) is 9.14. The van der Waals surface area contributed by atoms with Crippen LogP contribution in [0.1, 0.15) is 30.9 Å². The number of ether oxygens (including phenoxy) is 2. The van der Waals surface area contributed by atoms with Crippen molar-refractivity contribution in [2.24, 2.45) is 0 Å². The third kappa shape index (κ3) is 4.17. The summed E-state index contributed by atoms with van der Waals surface area (Å²) < 4.78 is 12.3. The molecular formula is C26H27N3O3. The minimum Gasteiger partial charge on any atom is -0.493 e. The average molecular weight is 430 g/mol. The molecule has 0 spiro atoms. The summed E-state index contributed by atoms with van der Waals surface area (Å²) in [5.74, 6) is 2.17. The molecule has 0 amide bonds. The zero-order valence-corrected chi connectivity index (χ0v) is 18.8. The van der Waals surface area contributed by atoms with Gasteiger partial charge in [-0.05, 0) is 47.4 Å². The Labute approximate surface area is 187 Å². The molecule has 0 saturated carbocycles. The van der Waals surface area contributed by atoms with E-state index >= 15 is 0 Å². The molecule has 0 unspecified atom stereocenters. The lowest BCUT2D eigenvalue weighted by atomic mass is 10.0. The Morgan fingerprint density at radius 3 is 2.34 bits per heavy atom. The molecule has 164 valence electrons. The van der Waals surface area contributed by atoms with Crippen molar-refractivity contribution in [2.75, 3.05) is 19.6 Å². The maximum Gasteiger partial charge on any atom is 0.280 e. The number of methoxy groups -OCH3 is 2. The highest BCUT2D eigenvalue weighted by molar-refractivity contribution is 5.80. The van der Waals surface area contributed by atoms with Crippen LogP contribution in [0.25, 0.3) is 22.3 Å². The lowest BCUT2D eigenvalue weighted by molar-refractivity contribution is 0.355. The molecule has 1 heterocycles. The molecule has 0 bridgehead atoms. The third-order valence-electron chi connectivity index (χ3n) is 5.51. The van der Waals surface area contributed by atoms with Crippen LogP contribution in [0.4, 0.5) is 0 Å². The number of nitrogens with one attached hydrogen (secondary N) is 1. The van der Waals surface area contributed by atoms with Crippen LogP contribution >= 0.6 is 0 Å². The molecule has 0 aliphatic heterocycles. The maximum atomic E-state index is 13.4. The van der Waals surface area contributed by atoms with Gasteiger partial charge in [0.2, 0.25) is 0 Å². The molecule has 0 aliphatic rings. The fourth-order valence-corrected chi connectivity index (χ4v) is 3.64. The van der Waals surface area contributed by atoms with Crippen molar-refractivity contribution in [1.29, 1.82) is 0 Å². The first-order valence-electron chi connectivity index (χ1n) is 10.6. The molecular weight excluding hydrogens is 402 g/mol. The summed E-state index contributed by atoms with van der Waals surface area (Å²) in [4.78, 5) is 18.2. The Hall–Kier alpha value is -3.80. The summed E-state index contributed by atoms with van der Waals surface area (Å²) in [5, 5.41) is 0.555. The van der Waals surface area contributed by atoms with E-state index in [1.54, 1.807) is 20.3 Å². The number of para-hydroxylation sites is 1. The Bertz CT molecular complexity index is 1290. The molecule has 32 heavy (non-hydrogen) atoms. The van der Waals surface area contributed by atoms with E-state index in [0.717, 1.165) is 11.1 Å². The molecule has 4 aromatic rings. The van der Waals surface area contributed by atoms with Gasteiger partial charge in [-0.25, -0.2) is 9.66 Å². The quantitative estimate of drug-likeness (QED) is 0.450. The molecule has 1 aromatic heterocycles. The topological polar surface area (TPSA) is 65.4 Å². The fraction of sp³-hybridized carbons (Fsp3) is 0.231. The maximum absolute atomic E-state index is 13.4. The number of hydrogen-bond donors (Lipinski definition) is 1. The van der Waals surface area contributed by atoms with Gasteiger partial charge >= 0.3 is 0 Å². The smallest absolute Gasteiger partial charge is 0.280 e. The van der Waals surface area contributed by atoms with E-state index in [-0.39, 0.29) is 5.56 Å². The monoisotopic (exact) mass is 429 g/mol. The van der Waals surface area contributed by atoms with Crippen LogP contribution in [0.15, 0.2) is 71.5 Å². The minimum atomic E-state index is -0.154. The highest BCUT2D eigenvalue weighted by Crippen LogP contribution is 2.31. The van der Waals surface area contributed by atoms with Crippen LogP contribution in [-0.2, 0) is 6.54 Å². The Balaban J connectivity index is 1.78. The zero-order chi connectivity index (χ0) is 22.7. The standard InChI is InChI=1S/C26H27N3O3/c1-17(2)19-11-9-18(10-12-19)16-27-29-25(20-13-14-23(31-3)24(15-20)32-4)28-22-8-6-5-7-21(22)26(29)30/h5-15,17,27H,16H2,1-4H3. The van der Waals surface area contributed by atoms with Gasteiger partial charge in [0.05, 0.1) is 31.7 Å². The predicted molar refractivity (Wildman–Crippen MR) is 128 cm³/mol. The highest BCUT2D eigenvalue weighted by atomic mass is 16.5. The molecule has 3 aromatic carbocycles. The van der Waals surface area contributed by atoms with Gasteiger partial charge in [0.1, 0.15) is 0 Å². The Morgan fingerprint density at radius 2 is 1.66 bits per heavy atom. The van der Waals surface area contributed by atoms with Crippen molar-refractivity contribution >= 4 is 10.9 Å². The highest BCUT2D eigenvalue weighted by Gasteiger charge is 2.15. The van der Waals surface area contributed by atoms with E-state index in [4.69, 9.17) is 14.5 Å². The number of aromatic nitrogens is 2. The number of fused-ring (bicyclic) bond motifs is 1. The van der Waals surface area contributed by atoms with Gasteiger partial charge in [0.25, 0.3) is 5.56 Å². The van der Waals surface area contributed by atoms with Crippen molar-refractivity contribution in [3.8, 4) is 22.9 Å². The number of hydrogen-bond acceptors (Lipinski definition) is 5. The summed E-state index contributed by atoms with van der Waals surface area (Å²) in [6, 6.07) is 21.3. The summed E-state index contributed by atoms with van der Waals surface area (Å²) >= 11 is 0. The lowest BCUT2D eigenvalue weighted by Crippen LogP contribution is -2.31. The van der Waals surface area contributed by atoms with Gasteiger partial charge in [0.15, 0.2) is 17.3 Å². The van der Waals surface area contributed by atoms with Crippen molar-refractivity contribution in [3.63, 3.8) is 0 Å². The minimum absolute atomic E-state index is 0.154. The molecule has 0 saturated heterocycles. The number of benzene rings is 3. The predicted octanol–water partition coefficient (Wildman–Crippen LogP) is 4.95. The molecule has 0 atom stereocenters. The van der Waals surface area contributed by atoms with Crippen LogP contribution in [-0.4, -0.2) is 23.9 Å². The fourth-order valence-electron chi connectivity index (χ4n) is 3.64. The normalized spacial score (nSPS) is 11.0. The molecule has 0 aliphatic carbocycles. The molecule has 1 N–H and O–H groups in total. The van der Waals surface area contributed by atoms with E-state index in [0.29, 0.717) is 40.7 Å². The Morgan fingerprint density at radius 1 is 0.938 bits per heavy atom. The Kier molecular flexibility index (Phi) is 6.12. The van der Waals surface area contributed by atoms with E-state index in [1.165, 1.54) is 10.2 Å². The summed E-state index contributed by atoms with van der Waals surface area (Å²) in [6.45, 7) is 4.82. The first-order chi connectivity index (χ1) is 15.5. The lowest BCUT2D eigenvalue weighted by Gasteiger charge is -2.17. The van der Waals surface area contributed by atoms with Crippen LogP contribution < -0.4 is 20.5 Å². The molecule has 0 fully saturated rings. The van der Waals surface area contributed by atoms with E-state index < -0.39 is 0 Å². The summed E-state index contributed by atoms with van der Waals surface area (Å²) in [7, 11) is 3.18. The SMILES string of the molecule is COc1ccc(-c2nc3ccccc3c(=O)n2NCc2ccc(C(C)C)cc2)cc1OC. The van der Waals surface area contributed by atoms with Gasteiger partial charge in [-0.15, -0.1) is 0 Å². The zero-order valence-electron chi connectivity index (χ0n) is 18.8. The summed E-state index contributed by atoms with van der Waals surface area (Å²) in [6.07, 6.45) is 0. The second-order valence-corrected chi connectivity index (χ2v) is 7.89. The van der Waals surface area contributed by atoms with Crippen molar-refractivity contribution in [3.05, 3.63) is 88.2 Å². The second-order valence-electron chi connectivity index (χ2n) is 7.89. The van der Waals surface area contributed by atoms with E-state index in [9.17, 15) is 4.79 Å². The molecule has 4 rings (SSSR count). The van der Waals surface area contributed by atoms with Crippen molar-refractivity contribution in [2.45, 2.75) is 26.3 Å². The van der Waals surface area contributed by atoms with Gasteiger partial charge in [-0.3, -0.25) is 4.79 Å². The van der Waals surface area contributed by atoms with E-state index in [1.807, 2.05) is 36.4 Å². The number of rotatable bonds is 7. The van der Waals surface area contributed by atoms with Crippen LogP contribution in [0.5, 0.6) is 11.5 Å². The van der Waals surface area contributed by atoms with Gasteiger partial charge in [-0.2, -0.15) is 0 Å². The van der Waals surface area contributed by atoms with Crippen molar-refractivity contribution < 1.29 is 9.47 Å². The largest absolute Gasteiger partial charge is 0.493 e. The van der Waals surface area contributed by atoms with Gasteiger partial charge < -0.3 is 14.9 Å². The first kappa shape index (κ1) is 21.4. The summed E-state index contributed by atoms with van der Waals surface area (Å²) in [5.41, 5.74) is 6.86. The molecule has 6 nitrogen and oxygen atoms in total. The van der Waals surface area contributed by atoms with Crippen LogP contribution in [0.3, 0.4) is 0 Å². The average Bonchev–Trinajstić information content (AvgIpc) is 2.83.